The zero-order valence-electron chi connectivity index (χ0n) is 12.6. The molecule has 3 rings (SSSR count). The summed E-state index contributed by atoms with van der Waals surface area (Å²) in [6.07, 6.45) is -3.39. The van der Waals surface area contributed by atoms with E-state index in [1.807, 2.05) is 0 Å². The third kappa shape index (κ3) is 3.35. The number of ether oxygens (including phenoxy) is 1. The Bertz CT molecular complexity index is 617. The van der Waals surface area contributed by atoms with Gasteiger partial charge < -0.3 is 15.2 Å². The summed E-state index contributed by atoms with van der Waals surface area (Å²) in [6, 6.07) is -0.144. The SMILES string of the molecule is CC1(O)CC(NC(=O)Cn2nc(C(F)(F)F)c3c2CCOC3)C1. The number of nitrogens with zero attached hydrogens (tertiary/aromatic N) is 2. The van der Waals surface area contributed by atoms with Crippen LogP contribution in [0.2, 0.25) is 0 Å². The van der Waals surface area contributed by atoms with Crippen LogP contribution < -0.4 is 5.32 Å². The van der Waals surface area contributed by atoms with Gasteiger partial charge in [-0.2, -0.15) is 18.3 Å². The van der Waals surface area contributed by atoms with Crippen molar-refractivity contribution < 1.29 is 27.8 Å². The zero-order chi connectivity index (χ0) is 16.8. The van der Waals surface area contributed by atoms with Crippen LogP contribution in [0.5, 0.6) is 0 Å². The monoisotopic (exact) mass is 333 g/mol. The molecule has 128 valence electrons. The lowest BCUT2D eigenvalue weighted by molar-refractivity contribution is -0.143. The van der Waals surface area contributed by atoms with E-state index in [4.69, 9.17) is 4.74 Å². The Balaban J connectivity index is 1.73. The molecule has 1 aliphatic heterocycles. The summed E-state index contributed by atoms with van der Waals surface area (Å²) in [5.74, 6) is -0.406. The summed E-state index contributed by atoms with van der Waals surface area (Å²) in [6.45, 7) is 1.58. The summed E-state index contributed by atoms with van der Waals surface area (Å²) in [5.41, 5.74) is -1.34. The molecule has 6 nitrogen and oxygen atoms in total. The molecule has 1 aromatic rings. The molecule has 0 unspecified atom stereocenters. The van der Waals surface area contributed by atoms with Crippen molar-refractivity contribution in [3.63, 3.8) is 0 Å². The predicted octanol–water partition coefficient (Wildman–Crippen LogP) is 1.00. The Labute approximate surface area is 130 Å². The number of aromatic nitrogens is 2. The Morgan fingerprint density at radius 1 is 1.52 bits per heavy atom. The minimum atomic E-state index is -4.57. The van der Waals surface area contributed by atoms with Gasteiger partial charge in [-0.15, -0.1) is 0 Å². The van der Waals surface area contributed by atoms with E-state index in [9.17, 15) is 23.1 Å². The molecule has 0 spiro atoms. The topological polar surface area (TPSA) is 76.4 Å². The molecule has 1 fully saturated rings. The lowest BCUT2D eigenvalue weighted by Gasteiger charge is -2.41. The first-order valence-electron chi connectivity index (χ1n) is 7.41. The van der Waals surface area contributed by atoms with Gasteiger partial charge in [-0.1, -0.05) is 0 Å². The predicted molar refractivity (Wildman–Crippen MR) is 72.4 cm³/mol. The first kappa shape index (κ1) is 16.3. The number of rotatable bonds is 3. The number of fused-ring (bicyclic) bond motifs is 1. The lowest BCUT2D eigenvalue weighted by Crippen LogP contribution is -2.54. The second-order valence-electron chi connectivity index (χ2n) is 6.40. The van der Waals surface area contributed by atoms with Crippen LogP contribution in [-0.2, 0) is 35.3 Å². The number of amides is 1. The molecule has 0 atom stereocenters. The van der Waals surface area contributed by atoms with Crippen LogP contribution >= 0.6 is 0 Å². The molecule has 1 amide bonds. The number of halogens is 3. The standard InChI is InChI=1S/C14H18F3N3O3/c1-13(22)4-8(5-13)18-11(21)6-20-10-2-3-23-7-9(10)12(19-20)14(15,16)17/h8,22H,2-7H2,1H3,(H,18,21). The number of carbonyl (C=O) groups is 1. The second-order valence-corrected chi connectivity index (χ2v) is 6.40. The maximum atomic E-state index is 13.0. The Morgan fingerprint density at radius 3 is 2.83 bits per heavy atom. The molecule has 1 aromatic heterocycles. The van der Waals surface area contributed by atoms with Crippen LogP contribution in [0.3, 0.4) is 0 Å². The number of hydrogen-bond acceptors (Lipinski definition) is 4. The number of carbonyl (C=O) groups excluding carboxylic acids is 1. The number of aliphatic hydroxyl groups is 1. The zero-order valence-corrected chi connectivity index (χ0v) is 12.6. The van der Waals surface area contributed by atoms with Crippen molar-refractivity contribution in [3.8, 4) is 0 Å². The summed E-state index contributed by atoms with van der Waals surface area (Å²) in [7, 11) is 0. The van der Waals surface area contributed by atoms with Gasteiger partial charge in [0.1, 0.15) is 6.54 Å². The number of hydrogen-bond donors (Lipinski definition) is 2. The van der Waals surface area contributed by atoms with Crippen molar-refractivity contribution in [2.24, 2.45) is 0 Å². The van der Waals surface area contributed by atoms with E-state index in [2.05, 4.69) is 10.4 Å². The highest BCUT2D eigenvalue weighted by molar-refractivity contribution is 5.76. The average molecular weight is 333 g/mol. The molecular weight excluding hydrogens is 315 g/mol. The fraction of sp³-hybridized carbons (Fsp3) is 0.714. The third-order valence-electron chi connectivity index (χ3n) is 4.20. The number of nitrogens with one attached hydrogen (secondary N) is 1. The van der Waals surface area contributed by atoms with Gasteiger partial charge in [0.2, 0.25) is 5.91 Å². The largest absolute Gasteiger partial charge is 0.435 e. The minimum Gasteiger partial charge on any atom is -0.390 e. The Hall–Kier alpha value is -1.61. The Kier molecular flexibility index (Phi) is 3.88. The fourth-order valence-electron chi connectivity index (χ4n) is 3.18. The summed E-state index contributed by atoms with van der Waals surface area (Å²) in [5, 5.41) is 15.9. The quantitative estimate of drug-likeness (QED) is 0.865. The molecule has 2 heterocycles. The van der Waals surface area contributed by atoms with E-state index >= 15 is 0 Å². The van der Waals surface area contributed by atoms with Crippen molar-refractivity contribution in [2.75, 3.05) is 6.61 Å². The second kappa shape index (κ2) is 5.48. The maximum absolute atomic E-state index is 13.0. The van der Waals surface area contributed by atoms with Crippen molar-refractivity contribution in [2.45, 2.75) is 57.2 Å². The van der Waals surface area contributed by atoms with Gasteiger partial charge >= 0.3 is 6.18 Å². The molecule has 0 bridgehead atoms. The van der Waals surface area contributed by atoms with Gasteiger partial charge in [0.05, 0.1) is 18.8 Å². The van der Waals surface area contributed by atoms with Gasteiger partial charge in [0.25, 0.3) is 0 Å². The fourth-order valence-corrected chi connectivity index (χ4v) is 3.18. The van der Waals surface area contributed by atoms with Gasteiger partial charge in [-0.3, -0.25) is 9.48 Å². The van der Waals surface area contributed by atoms with Gasteiger partial charge in [0, 0.05) is 23.7 Å². The van der Waals surface area contributed by atoms with Crippen molar-refractivity contribution in [1.29, 1.82) is 0 Å². The van der Waals surface area contributed by atoms with Crippen LogP contribution in [0.1, 0.15) is 36.7 Å². The molecule has 0 saturated heterocycles. The van der Waals surface area contributed by atoms with E-state index in [1.54, 1.807) is 6.92 Å². The van der Waals surface area contributed by atoms with Gasteiger partial charge in [-0.25, -0.2) is 0 Å². The molecule has 0 radical (unpaired) electrons. The van der Waals surface area contributed by atoms with Crippen LogP contribution in [0, 0.1) is 0 Å². The van der Waals surface area contributed by atoms with Crippen LogP contribution in [-0.4, -0.2) is 39.0 Å². The molecule has 0 aromatic carbocycles. The molecule has 1 saturated carbocycles. The highest BCUT2D eigenvalue weighted by atomic mass is 19.4. The average Bonchev–Trinajstić information content (AvgIpc) is 2.76. The highest BCUT2D eigenvalue weighted by Gasteiger charge is 2.41. The highest BCUT2D eigenvalue weighted by Crippen LogP contribution is 2.35. The smallest absolute Gasteiger partial charge is 0.390 e. The molecular formula is C14H18F3N3O3. The maximum Gasteiger partial charge on any atom is 0.435 e. The number of alkyl halides is 3. The van der Waals surface area contributed by atoms with Gasteiger partial charge in [0.15, 0.2) is 5.69 Å². The van der Waals surface area contributed by atoms with Gasteiger partial charge in [-0.05, 0) is 19.8 Å². The Morgan fingerprint density at radius 2 is 2.22 bits per heavy atom. The summed E-state index contributed by atoms with van der Waals surface area (Å²) < 4.78 is 45.3. The van der Waals surface area contributed by atoms with Crippen LogP contribution in [0.4, 0.5) is 13.2 Å². The molecule has 2 N–H and O–H groups in total. The first-order chi connectivity index (χ1) is 10.7. The molecule has 1 aliphatic carbocycles. The van der Waals surface area contributed by atoms with E-state index in [0.29, 0.717) is 31.6 Å². The van der Waals surface area contributed by atoms with Crippen LogP contribution in [0.15, 0.2) is 0 Å². The van der Waals surface area contributed by atoms with E-state index in [1.165, 1.54) is 0 Å². The van der Waals surface area contributed by atoms with E-state index < -0.39 is 23.4 Å². The van der Waals surface area contributed by atoms with E-state index in [-0.39, 0.29) is 24.8 Å². The molecule has 9 heteroatoms. The summed E-state index contributed by atoms with van der Waals surface area (Å²) in [4.78, 5) is 12.0. The summed E-state index contributed by atoms with van der Waals surface area (Å²) >= 11 is 0. The molecule has 2 aliphatic rings. The lowest BCUT2D eigenvalue weighted by atomic mass is 9.77. The van der Waals surface area contributed by atoms with Crippen molar-refractivity contribution in [3.05, 3.63) is 17.0 Å². The first-order valence-corrected chi connectivity index (χ1v) is 7.41. The van der Waals surface area contributed by atoms with Crippen molar-refractivity contribution >= 4 is 5.91 Å². The minimum absolute atomic E-state index is 0.0168. The molecule has 23 heavy (non-hydrogen) atoms. The van der Waals surface area contributed by atoms with Crippen molar-refractivity contribution in [1.82, 2.24) is 15.1 Å². The van der Waals surface area contributed by atoms with E-state index in [0.717, 1.165) is 4.68 Å². The van der Waals surface area contributed by atoms with Crippen LogP contribution in [0.25, 0.3) is 0 Å². The third-order valence-corrected chi connectivity index (χ3v) is 4.20. The normalized spacial score (nSPS) is 27.3.